The Labute approximate surface area is 121 Å². The lowest BCUT2D eigenvalue weighted by Crippen LogP contribution is -2.50. The third-order valence-corrected chi connectivity index (χ3v) is 3.42. The maximum absolute atomic E-state index is 12.4. The molecule has 0 spiro atoms. The summed E-state index contributed by atoms with van der Waals surface area (Å²) in [6.07, 6.45) is 0.642. The van der Waals surface area contributed by atoms with Gasteiger partial charge in [-0.1, -0.05) is 24.3 Å². The van der Waals surface area contributed by atoms with Crippen LogP contribution in [-0.4, -0.2) is 36.2 Å². The van der Waals surface area contributed by atoms with Crippen molar-refractivity contribution in [2.75, 3.05) is 13.6 Å². The van der Waals surface area contributed by atoms with Crippen molar-refractivity contribution >= 4 is 6.09 Å². The van der Waals surface area contributed by atoms with E-state index in [1.54, 1.807) is 0 Å². The number of hydrogen-bond acceptors (Lipinski definition) is 3. The molecule has 0 radical (unpaired) electrons. The molecule has 2 rings (SSSR count). The maximum atomic E-state index is 12.4. The molecule has 1 aromatic carbocycles. The van der Waals surface area contributed by atoms with E-state index in [-0.39, 0.29) is 12.1 Å². The minimum atomic E-state index is -0.460. The zero-order chi connectivity index (χ0) is 14.8. The third kappa shape index (κ3) is 3.51. The molecule has 1 aromatic rings. The van der Waals surface area contributed by atoms with Gasteiger partial charge in [0, 0.05) is 13.1 Å². The fourth-order valence-corrected chi connectivity index (χ4v) is 2.54. The van der Waals surface area contributed by atoms with Crippen molar-refractivity contribution in [3.63, 3.8) is 0 Å². The van der Waals surface area contributed by atoms with Gasteiger partial charge in [0.05, 0.1) is 6.04 Å². The maximum Gasteiger partial charge on any atom is 0.410 e. The highest BCUT2D eigenvalue weighted by Gasteiger charge is 2.32. The van der Waals surface area contributed by atoms with Crippen LogP contribution in [-0.2, 0) is 17.7 Å². The van der Waals surface area contributed by atoms with Crippen LogP contribution in [0.5, 0.6) is 0 Å². The van der Waals surface area contributed by atoms with E-state index < -0.39 is 5.60 Å². The second-order valence-corrected chi connectivity index (χ2v) is 6.29. The van der Waals surface area contributed by atoms with Crippen molar-refractivity contribution in [3.8, 4) is 0 Å². The largest absolute Gasteiger partial charge is 0.444 e. The number of nitrogens with zero attached hydrogens (tertiary/aromatic N) is 1. The summed E-state index contributed by atoms with van der Waals surface area (Å²) in [6, 6.07) is 8.44. The Morgan fingerprint density at radius 1 is 1.35 bits per heavy atom. The average molecular weight is 276 g/mol. The Bertz CT molecular complexity index is 480. The highest BCUT2D eigenvalue weighted by molar-refractivity contribution is 5.69. The Hall–Kier alpha value is -1.55. The molecule has 4 nitrogen and oxygen atoms in total. The molecule has 0 aliphatic carbocycles. The van der Waals surface area contributed by atoms with Gasteiger partial charge < -0.3 is 10.1 Å². The van der Waals surface area contributed by atoms with Crippen molar-refractivity contribution in [1.82, 2.24) is 10.2 Å². The zero-order valence-electron chi connectivity index (χ0n) is 12.8. The Morgan fingerprint density at radius 3 is 2.60 bits per heavy atom. The molecule has 1 heterocycles. The second-order valence-electron chi connectivity index (χ2n) is 6.29. The van der Waals surface area contributed by atoms with Crippen LogP contribution in [0.2, 0.25) is 0 Å². The van der Waals surface area contributed by atoms with Gasteiger partial charge in [-0.05, 0) is 45.4 Å². The van der Waals surface area contributed by atoms with E-state index in [4.69, 9.17) is 4.74 Å². The molecule has 1 aliphatic rings. The first-order chi connectivity index (χ1) is 9.40. The van der Waals surface area contributed by atoms with E-state index in [2.05, 4.69) is 23.5 Å². The van der Waals surface area contributed by atoms with E-state index >= 15 is 0 Å². The first kappa shape index (κ1) is 14.9. The molecule has 1 atom stereocenters. The van der Waals surface area contributed by atoms with E-state index in [1.165, 1.54) is 11.1 Å². The van der Waals surface area contributed by atoms with Gasteiger partial charge in [-0.3, -0.25) is 4.90 Å². The molecule has 110 valence electrons. The first-order valence-electron chi connectivity index (χ1n) is 7.11. The van der Waals surface area contributed by atoms with Gasteiger partial charge in [-0.25, -0.2) is 4.79 Å². The lowest BCUT2D eigenvalue weighted by atomic mass is 9.94. The number of hydrogen-bond donors (Lipinski definition) is 1. The standard InChI is InChI=1S/C16H24N2O2/c1-16(2,3)20-15(19)18-11-13-8-6-5-7-12(13)9-14(18)10-17-4/h5-8,14,17H,9-11H2,1-4H3. The number of ether oxygens (including phenoxy) is 1. The predicted molar refractivity (Wildman–Crippen MR) is 79.6 cm³/mol. The predicted octanol–water partition coefficient (Wildman–Crippen LogP) is 2.57. The number of rotatable bonds is 2. The fourth-order valence-electron chi connectivity index (χ4n) is 2.54. The lowest BCUT2D eigenvalue weighted by molar-refractivity contribution is 0.0121. The monoisotopic (exact) mass is 276 g/mol. The summed E-state index contributed by atoms with van der Waals surface area (Å²) >= 11 is 0. The summed E-state index contributed by atoms with van der Waals surface area (Å²) < 4.78 is 5.53. The van der Waals surface area contributed by atoms with Gasteiger partial charge in [0.15, 0.2) is 0 Å². The normalized spacial score (nSPS) is 18.6. The molecule has 0 saturated carbocycles. The number of benzene rings is 1. The van der Waals surface area contributed by atoms with Crippen molar-refractivity contribution in [2.24, 2.45) is 0 Å². The van der Waals surface area contributed by atoms with Crippen LogP contribution < -0.4 is 5.32 Å². The molecular weight excluding hydrogens is 252 g/mol. The van der Waals surface area contributed by atoms with Gasteiger partial charge in [0.2, 0.25) is 0 Å². The van der Waals surface area contributed by atoms with Gasteiger partial charge >= 0.3 is 6.09 Å². The molecule has 0 aromatic heterocycles. The Morgan fingerprint density at radius 2 is 2.00 bits per heavy atom. The molecule has 1 unspecified atom stereocenters. The molecule has 20 heavy (non-hydrogen) atoms. The van der Waals surface area contributed by atoms with Crippen LogP contribution in [0.15, 0.2) is 24.3 Å². The molecular formula is C16H24N2O2. The summed E-state index contributed by atoms with van der Waals surface area (Å²) in [7, 11) is 1.91. The van der Waals surface area contributed by atoms with Crippen LogP contribution >= 0.6 is 0 Å². The summed E-state index contributed by atoms with van der Waals surface area (Å²) in [5, 5.41) is 3.17. The molecule has 1 N–H and O–H groups in total. The molecule has 0 fully saturated rings. The molecule has 0 saturated heterocycles. The van der Waals surface area contributed by atoms with Gasteiger partial charge in [0.25, 0.3) is 0 Å². The van der Waals surface area contributed by atoms with Crippen LogP contribution in [0.4, 0.5) is 4.79 Å². The molecule has 0 bridgehead atoms. The number of fused-ring (bicyclic) bond motifs is 1. The van der Waals surface area contributed by atoms with Crippen LogP contribution in [0, 0.1) is 0 Å². The smallest absolute Gasteiger partial charge is 0.410 e. The van der Waals surface area contributed by atoms with Gasteiger partial charge in [0.1, 0.15) is 5.60 Å². The minimum absolute atomic E-state index is 0.143. The number of carbonyl (C=O) groups is 1. The van der Waals surface area contributed by atoms with Gasteiger partial charge in [-0.2, -0.15) is 0 Å². The van der Waals surface area contributed by atoms with Crippen LogP contribution in [0.1, 0.15) is 31.9 Å². The highest BCUT2D eigenvalue weighted by Crippen LogP contribution is 2.24. The summed E-state index contributed by atoms with van der Waals surface area (Å²) in [5.41, 5.74) is 2.08. The van der Waals surface area contributed by atoms with Crippen molar-refractivity contribution in [1.29, 1.82) is 0 Å². The lowest BCUT2D eigenvalue weighted by Gasteiger charge is -2.37. The summed E-state index contributed by atoms with van der Waals surface area (Å²) in [6.45, 7) is 7.09. The number of amides is 1. The van der Waals surface area contributed by atoms with Gasteiger partial charge in [-0.15, -0.1) is 0 Å². The molecule has 4 heteroatoms. The van der Waals surface area contributed by atoms with Crippen molar-refractivity contribution in [2.45, 2.75) is 45.4 Å². The Kier molecular flexibility index (Phi) is 4.33. The second kappa shape index (κ2) is 5.83. The summed E-state index contributed by atoms with van der Waals surface area (Å²) in [5.74, 6) is 0. The van der Waals surface area contributed by atoms with Crippen LogP contribution in [0.3, 0.4) is 0 Å². The fraction of sp³-hybridized carbons (Fsp3) is 0.562. The van der Waals surface area contributed by atoms with E-state index in [0.29, 0.717) is 6.54 Å². The third-order valence-electron chi connectivity index (χ3n) is 3.42. The quantitative estimate of drug-likeness (QED) is 0.902. The van der Waals surface area contributed by atoms with E-state index in [0.717, 1.165) is 13.0 Å². The average Bonchev–Trinajstić information content (AvgIpc) is 2.36. The van der Waals surface area contributed by atoms with Crippen molar-refractivity contribution < 1.29 is 9.53 Å². The first-order valence-corrected chi connectivity index (χ1v) is 7.11. The minimum Gasteiger partial charge on any atom is -0.444 e. The summed E-state index contributed by atoms with van der Waals surface area (Å²) in [4.78, 5) is 14.2. The Balaban J connectivity index is 2.19. The molecule has 1 amide bonds. The number of nitrogens with one attached hydrogen (secondary N) is 1. The van der Waals surface area contributed by atoms with E-state index in [9.17, 15) is 4.79 Å². The van der Waals surface area contributed by atoms with Crippen molar-refractivity contribution in [3.05, 3.63) is 35.4 Å². The molecule has 1 aliphatic heterocycles. The SMILES string of the molecule is CNCC1Cc2ccccc2CN1C(=O)OC(C)(C)C. The zero-order valence-corrected chi connectivity index (χ0v) is 12.8. The van der Waals surface area contributed by atoms with Crippen LogP contribution in [0.25, 0.3) is 0 Å². The van der Waals surface area contributed by atoms with E-state index in [1.807, 2.05) is 38.8 Å². The number of carbonyl (C=O) groups excluding carboxylic acids is 1. The highest BCUT2D eigenvalue weighted by atomic mass is 16.6. The topological polar surface area (TPSA) is 41.6 Å². The number of likely N-dealkylation sites (N-methyl/N-ethyl adjacent to an activating group) is 1.